The van der Waals surface area contributed by atoms with Crippen molar-refractivity contribution in [3.05, 3.63) is 39.8 Å². The largest absolute Gasteiger partial charge is 0.354 e. The summed E-state index contributed by atoms with van der Waals surface area (Å²) in [5.74, 6) is 1.08. The SMILES string of the molecule is Cc1c(C(=O)N[C@@H]2CCCC[C@@H]2Cc2nn(C)c(=O)n2C)ccn1C. The van der Waals surface area contributed by atoms with Crippen LogP contribution >= 0.6 is 0 Å². The number of rotatable bonds is 4. The minimum absolute atomic E-state index is 0.00934. The molecule has 25 heavy (non-hydrogen) atoms. The molecular formula is C18H27N5O2. The Labute approximate surface area is 147 Å². The van der Waals surface area contributed by atoms with Crippen LogP contribution in [0.3, 0.4) is 0 Å². The van der Waals surface area contributed by atoms with Crippen molar-refractivity contribution in [3.63, 3.8) is 0 Å². The molecule has 1 aliphatic rings. The van der Waals surface area contributed by atoms with Crippen molar-refractivity contribution in [1.82, 2.24) is 24.2 Å². The first-order valence-electron chi connectivity index (χ1n) is 8.90. The first-order valence-corrected chi connectivity index (χ1v) is 8.90. The summed E-state index contributed by atoms with van der Waals surface area (Å²) in [5.41, 5.74) is 1.60. The van der Waals surface area contributed by atoms with Crippen LogP contribution in [0.4, 0.5) is 0 Å². The van der Waals surface area contributed by atoms with E-state index >= 15 is 0 Å². The number of carbonyl (C=O) groups excluding carboxylic acids is 1. The fourth-order valence-electron chi connectivity index (χ4n) is 3.76. The quantitative estimate of drug-likeness (QED) is 0.908. The Balaban J connectivity index is 1.74. The molecular weight excluding hydrogens is 318 g/mol. The van der Waals surface area contributed by atoms with Gasteiger partial charge in [-0.25, -0.2) is 9.48 Å². The van der Waals surface area contributed by atoms with Gasteiger partial charge in [0.1, 0.15) is 5.82 Å². The first-order chi connectivity index (χ1) is 11.9. The predicted octanol–water partition coefficient (Wildman–Crippen LogP) is 1.30. The summed E-state index contributed by atoms with van der Waals surface area (Å²) in [5, 5.41) is 7.57. The topological polar surface area (TPSA) is 73.8 Å². The molecule has 2 aromatic rings. The molecule has 0 saturated heterocycles. The van der Waals surface area contributed by atoms with E-state index < -0.39 is 0 Å². The van der Waals surface area contributed by atoms with E-state index in [2.05, 4.69) is 10.4 Å². The second-order valence-electron chi connectivity index (χ2n) is 7.14. The summed E-state index contributed by atoms with van der Waals surface area (Å²) in [6.45, 7) is 1.96. The van der Waals surface area contributed by atoms with Crippen LogP contribution in [-0.4, -0.2) is 30.9 Å². The van der Waals surface area contributed by atoms with Crippen LogP contribution in [0, 0.1) is 12.8 Å². The minimum Gasteiger partial charge on any atom is -0.354 e. The standard InChI is InChI=1S/C18H27N5O2/c1-12-14(9-10-21(12)2)17(24)19-15-8-6-5-7-13(15)11-16-20-23(4)18(25)22(16)3/h9-10,13,15H,5-8,11H2,1-4H3,(H,19,24)/t13-,15-/m1/s1. The highest BCUT2D eigenvalue weighted by Crippen LogP contribution is 2.27. The molecule has 2 aromatic heterocycles. The van der Waals surface area contributed by atoms with Crippen LogP contribution < -0.4 is 11.0 Å². The number of aromatic nitrogens is 4. The maximum Gasteiger partial charge on any atom is 0.345 e. The molecule has 0 bridgehead atoms. The van der Waals surface area contributed by atoms with Crippen LogP contribution in [0.2, 0.25) is 0 Å². The van der Waals surface area contributed by atoms with Crippen molar-refractivity contribution in [3.8, 4) is 0 Å². The van der Waals surface area contributed by atoms with Crippen molar-refractivity contribution < 1.29 is 4.79 Å². The zero-order valence-electron chi connectivity index (χ0n) is 15.5. The van der Waals surface area contributed by atoms with Crippen LogP contribution in [0.15, 0.2) is 17.1 Å². The highest BCUT2D eigenvalue weighted by molar-refractivity contribution is 5.95. The number of aryl methyl sites for hydroxylation is 2. The molecule has 1 fully saturated rings. The minimum atomic E-state index is -0.105. The molecule has 1 saturated carbocycles. The van der Waals surface area contributed by atoms with Crippen LogP contribution in [0.5, 0.6) is 0 Å². The average molecular weight is 345 g/mol. The Bertz CT molecular complexity index is 829. The van der Waals surface area contributed by atoms with Gasteiger partial charge in [-0.05, 0) is 31.7 Å². The van der Waals surface area contributed by atoms with Crippen molar-refractivity contribution in [1.29, 1.82) is 0 Å². The first kappa shape index (κ1) is 17.5. The third kappa shape index (κ3) is 3.41. The molecule has 136 valence electrons. The number of carbonyl (C=O) groups is 1. The summed E-state index contributed by atoms with van der Waals surface area (Å²) < 4.78 is 4.94. The molecule has 0 aromatic carbocycles. The van der Waals surface area contributed by atoms with E-state index in [1.807, 2.05) is 30.8 Å². The smallest absolute Gasteiger partial charge is 0.345 e. The normalized spacial score (nSPS) is 20.6. The van der Waals surface area contributed by atoms with E-state index in [1.165, 1.54) is 4.68 Å². The van der Waals surface area contributed by atoms with E-state index in [1.54, 1.807) is 18.7 Å². The van der Waals surface area contributed by atoms with Gasteiger partial charge in [0.15, 0.2) is 0 Å². The monoisotopic (exact) mass is 345 g/mol. The van der Waals surface area contributed by atoms with E-state index in [0.29, 0.717) is 12.3 Å². The lowest BCUT2D eigenvalue weighted by molar-refractivity contribution is 0.0904. The van der Waals surface area contributed by atoms with Gasteiger partial charge in [-0.1, -0.05) is 12.8 Å². The summed E-state index contributed by atoms with van der Waals surface area (Å²) in [6.07, 6.45) is 6.92. The number of amides is 1. The predicted molar refractivity (Wildman–Crippen MR) is 95.5 cm³/mol. The Morgan fingerprint density at radius 2 is 2.00 bits per heavy atom. The van der Waals surface area contributed by atoms with Crippen molar-refractivity contribution in [2.45, 2.75) is 45.1 Å². The molecule has 1 N–H and O–H groups in total. The number of nitrogens with zero attached hydrogens (tertiary/aromatic N) is 4. The molecule has 1 aliphatic carbocycles. The lowest BCUT2D eigenvalue weighted by Crippen LogP contribution is -2.43. The zero-order chi connectivity index (χ0) is 18.1. The maximum absolute atomic E-state index is 12.7. The Morgan fingerprint density at radius 1 is 1.28 bits per heavy atom. The highest BCUT2D eigenvalue weighted by atomic mass is 16.2. The van der Waals surface area contributed by atoms with Gasteiger partial charge in [0.25, 0.3) is 5.91 Å². The zero-order valence-corrected chi connectivity index (χ0v) is 15.5. The Kier molecular flexibility index (Phi) is 4.83. The lowest BCUT2D eigenvalue weighted by atomic mass is 9.82. The van der Waals surface area contributed by atoms with Gasteiger partial charge in [-0.2, -0.15) is 5.10 Å². The summed E-state index contributed by atoms with van der Waals surface area (Å²) in [7, 11) is 5.37. The second-order valence-corrected chi connectivity index (χ2v) is 7.14. The third-order valence-corrected chi connectivity index (χ3v) is 5.51. The molecule has 0 aliphatic heterocycles. The molecule has 7 nitrogen and oxygen atoms in total. The molecule has 1 amide bonds. The fraction of sp³-hybridized carbons (Fsp3) is 0.611. The van der Waals surface area contributed by atoms with Crippen molar-refractivity contribution in [2.75, 3.05) is 0 Å². The molecule has 7 heteroatoms. The van der Waals surface area contributed by atoms with Gasteiger partial charge in [-0.15, -0.1) is 0 Å². The second kappa shape index (κ2) is 6.90. The number of hydrogen-bond acceptors (Lipinski definition) is 3. The maximum atomic E-state index is 12.7. The Morgan fingerprint density at radius 3 is 2.60 bits per heavy atom. The highest BCUT2D eigenvalue weighted by Gasteiger charge is 2.29. The third-order valence-electron chi connectivity index (χ3n) is 5.51. The molecule has 3 rings (SSSR count). The molecule has 2 heterocycles. The van der Waals surface area contributed by atoms with Crippen molar-refractivity contribution >= 4 is 5.91 Å². The number of hydrogen-bond donors (Lipinski definition) is 1. The van der Waals surface area contributed by atoms with Crippen LogP contribution in [0.1, 0.15) is 47.6 Å². The van der Waals surface area contributed by atoms with Gasteiger partial charge in [0.2, 0.25) is 0 Å². The van der Waals surface area contributed by atoms with Crippen LogP contribution in [-0.2, 0) is 27.6 Å². The average Bonchev–Trinajstić information content (AvgIpc) is 3.04. The molecule has 0 unspecified atom stereocenters. The molecule has 2 atom stereocenters. The van der Waals surface area contributed by atoms with E-state index in [0.717, 1.165) is 42.8 Å². The van der Waals surface area contributed by atoms with Crippen molar-refractivity contribution in [2.24, 2.45) is 27.1 Å². The van der Waals surface area contributed by atoms with Gasteiger partial charge >= 0.3 is 5.69 Å². The van der Waals surface area contributed by atoms with Gasteiger partial charge in [-0.3, -0.25) is 9.36 Å². The van der Waals surface area contributed by atoms with E-state index in [9.17, 15) is 9.59 Å². The van der Waals surface area contributed by atoms with E-state index in [4.69, 9.17) is 0 Å². The van der Waals surface area contributed by atoms with Gasteiger partial charge in [0.05, 0.1) is 5.56 Å². The number of nitrogens with one attached hydrogen (secondary N) is 1. The molecule has 0 radical (unpaired) electrons. The summed E-state index contributed by atoms with van der Waals surface area (Å²) in [6, 6.07) is 1.99. The van der Waals surface area contributed by atoms with Gasteiger partial charge in [0, 0.05) is 45.5 Å². The summed E-state index contributed by atoms with van der Waals surface area (Å²) in [4.78, 5) is 24.6. The summed E-state index contributed by atoms with van der Waals surface area (Å²) >= 11 is 0. The van der Waals surface area contributed by atoms with E-state index in [-0.39, 0.29) is 17.6 Å². The fourth-order valence-corrected chi connectivity index (χ4v) is 3.76. The molecule has 0 spiro atoms. The van der Waals surface area contributed by atoms with Crippen LogP contribution in [0.25, 0.3) is 0 Å². The van der Waals surface area contributed by atoms with Gasteiger partial charge < -0.3 is 9.88 Å². The lowest BCUT2D eigenvalue weighted by Gasteiger charge is -2.32. The Hall–Kier alpha value is -2.31.